The van der Waals surface area contributed by atoms with Gasteiger partial charge in [-0.05, 0) is 0 Å². The van der Waals surface area contributed by atoms with Crippen LogP contribution >= 0.6 is 0 Å². The van der Waals surface area contributed by atoms with E-state index in [0.717, 1.165) is 0 Å². The van der Waals surface area contributed by atoms with Gasteiger partial charge in [0.2, 0.25) is 0 Å². The SMILES string of the molecule is Fc1cc(F)c2nc(C(F)(F)C(F)(F)C(F)(F)C(F)(F)C(F)(F)C(F)(F)F)[nH]c2c1F. The van der Waals surface area contributed by atoms with Gasteiger partial charge in [0.05, 0.1) is 0 Å². The summed E-state index contributed by atoms with van der Waals surface area (Å²) in [5.41, 5.74) is -3.53. The first-order valence-electron chi connectivity index (χ1n) is 7.05. The Balaban J connectivity index is 2.71. The molecule has 1 heterocycles. The number of aromatic nitrogens is 2. The smallest absolute Gasteiger partial charge is 0.334 e. The Bertz CT molecular complexity index is 1000. The summed E-state index contributed by atoms with van der Waals surface area (Å²) in [4.78, 5) is 2.90. The van der Waals surface area contributed by atoms with E-state index >= 15 is 0 Å². The summed E-state index contributed by atoms with van der Waals surface area (Å²) in [6, 6.07) is -0.370. The number of benzene rings is 1. The molecule has 0 saturated carbocycles. The van der Waals surface area contributed by atoms with Gasteiger partial charge in [-0.25, -0.2) is 18.2 Å². The normalized spacial score (nSPS) is 15.1. The fourth-order valence-corrected chi connectivity index (χ4v) is 2.13. The number of rotatable bonds is 5. The summed E-state index contributed by atoms with van der Waals surface area (Å²) in [7, 11) is 0. The van der Waals surface area contributed by atoms with E-state index < -0.39 is 70.1 Å². The molecule has 0 unspecified atom stereocenters. The minimum absolute atomic E-state index is 0.370. The Morgan fingerprint density at radius 3 is 1.52 bits per heavy atom. The molecule has 0 bridgehead atoms. The van der Waals surface area contributed by atoms with Crippen molar-refractivity contribution in [3.8, 4) is 0 Å². The van der Waals surface area contributed by atoms with Crippen LogP contribution in [0.3, 0.4) is 0 Å². The van der Waals surface area contributed by atoms with Gasteiger partial charge >= 0.3 is 35.8 Å². The second-order valence-corrected chi connectivity index (χ2v) is 5.83. The van der Waals surface area contributed by atoms with Crippen molar-refractivity contribution in [3.63, 3.8) is 0 Å². The molecule has 0 fully saturated rings. The molecule has 0 saturated heterocycles. The zero-order chi connectivity index (χ0) is 24.6. The third-order valence-corrected chi connectivity index (χ3v) is 3.84. The van der Waals surface area contributed by atoms with Crippen LogP contribution < -0.4 is 0 Å². The highest BCUT2D eigenvalue weighted by Crippen LogP contribution is 2.61. The predicted octanol–water partition coefficient (Wildman–Crippen LogP) is 6.18. The predicted molar refractivity (Wildman–Crippen MR) is 65.7 cm³/mol. The first kappa shape index (κ1) is 24.8. The maximum atomic E-state index is 13.9. The van der Waals surface area contributed by atoms with Crippen LogP contribution in [-0.4, -0.2) is 39.8 Å². The van der Waals surface area contributed by atoms with Crippen LogP contribution in [0.5, 0.6) is 0 Å². The molecule has 0 spiro atoms. The fourth-order valence-electron chi connectivity index (χ4n) is 2.13. The number of imidazole rings is 1. The fraction of sp³-hybridized carbons (Fsp3) is 0.462. The summed E-state index contributed by atoms with van der Waals surface area (Å²) >= 11 is 0. The molecule has 18 heteroatoms. The number of fused-ring (bicyclic) bond motifs is 1. The van der Waals surface area contributed by atoms with Gasteiger partial charge in [-0.15, -0.1) is 0 Å². The first-order valence-corrected chi connectivity index (χ1v) is 7.05. The van der Waals surface area contributed by atoms with E-state index in [0.29, 0.717) is 4.98 Å². The van der Waals surface area contributed by atoms with E-state index in [9.17, 15) is 70.2 Å². The average Bonchev–Trinajstić information content (AvgIpc) is 3.05. The largest absolute Gasteiger partial charge is 0.460 e. The summed E-state index contributed by atoms with van der Waals surface area (Å²) < 4.78 is 210. The molecule has 0 amide bonds. The number of nitrogens with one attached hydrogen (secondary N) is 1. The molecule has 0 radical (unpaired) electrons. The van der Waals surface area contributed by atoms with E-state index in [1.54, 1.807) is 0 Å². The van der Waals surface area contributed by atoms with E-state index in [2.05, 4.69) is 4.98 Å². The van der Waals surface area contributed by atoms with Crippen molar-refractivity contribution < 1.29 is 70.2 Å². The van der Waals surface area contributed by atoms with Gasteiger partial charge in [0.1, 0.15) is 11.0 Å². The number of H-pyrrole nitrogens is 1. The molecule has 0 aliphatic carbocycles. The molecule has 0 aliphatic rings. The van der Waals surface area contributed by atoms with Gasteiger partial charge in [0.15, 0.2) is 23.3 Å². The molecule has 1 aromatic carbocycles. The number of halogens is 16. The highest BCUT2D eigenvalue weighted by molar-refractivity contribution is 5.76. The van der Waals surface area contributed by atoms with Gasteiger partial charge in [0, 0.05) is 6.07 Å². The number of hydrogen-bond donors (Lipinski definition) is 1. The van der Waals surface area contributed by atoms with Crippen molar-refractivity contribution in [2.24, 2.45) is 0 Å². The van der Waals surface area contributed by atoms with Gasteiger partial charge in [-0.3, -0.25) is 0 Å². The van der Waals surface area contributed by atoms with Crippen LogP contribution in [0, 0.1) is 17.5 Å². The van der Waals surface area contributed by atoms with Gasteiger partial charge in [-0.2, -0.15) is 57.1 Å². The lowest BCUT2D eigenvalue weighted by Crippen LogP contribution is -2.69. The highest BCUT2D eigenvalue weighted by Gasteiger charge is 2.91. The summed E-state index contributed by atoms with van der Waals surface area (Å²) in [6.07, 6.45) is -7.59. The lowest BCUT2D eigenvalue weighted by molar-refractivity contribution is -0.442. The topological polar surface area (TPSA) is 28.7 Å². The Hall–Kier alpha value is -2.43. The molecular weight excluding hydrogens is 488 g/mol. The second-order valence-electron chi connectivity index (χ2n) is 5.83. The third kappa shape index (κ3) is 3.07. The van der Waals surface area contributed by atoms with E-state index in [4.69, 9.17) is 0 Å². The standard InChI is InChI=1S/C13H2F16N2/c14-2-1-3(15)5-6(4(2)16)31-7(30-5)8(17,18)9(19,20)10(21,22)11(23,24)12(25,26)13(27,28)29/h1H,(H,30,31). The molecule has 2 nitrogen and oxygen atoms in total. The Kier molecular flexibility index (Phi) is 5.24. The van der Waals surface area contributed by atoms with Crippen molar-refractivity contribution in [1.82, 2.24) is 9.97 Å². The lowest BCUT2D eigenvalue weighted by Gasteiger charge is -2.39. The number of alkyl halides is 13. The summed E-state index contributed by atoms with van der Waals surface area (Å²) in [5, 5.41) is 0. The Morgan fingerprint density at radius 2 is 1.06 bits per heavy atom. The van der Waals surface area contributed by atoms with Crippen LogP contribution in [-0.2, 0) is 5.92 Å². The van der Waals surface area contributed by atoms with Crippen LogP contribution in [0.25, 0.3) is 11.0 Å². The zero-order valence-corrected chi connectivity index (χ0v) is 13.6. The Labute approximate surface area is 157 Å². The van der Waals surface area contributed by atoms with Crippen molar-refractivity contribution in [2.75, 3.05) is 0 Å². The van der Waals surface area contributed by atoms with Gasteiger partial charge < -0.3 is 4.98 Å². The molecule has 176 valence electrons. The summed E-state index contributed by atoms with van der Waals surface area (Å²) in [5.74, 6) is -48.3. The zero-order valence-electron chi connectivity index (χ0n) is 13.6. The lowest BCUT2D eigenvalue weighted by atomic mass is 9.93. The van der Waals surface area contributed by atoms with E-state index in [-0.39, 0.29) is 6.07 Å². The minimum atomic E-state index is -8.15. The van der Waals surface area contributed by atoms with E-state index in [1.807, 2.05) is 0 Å². The van der Waals surface area contributed by atoms with Crippen LogP contribution in [0.1, 0.15) is 5.82 Å². The number of hydrogen-bond acceptors (Lipinski definition) is 1. The average molecular weight is 490 g/mol. The van der Waals surface area contributed by atoms with Crippen LogP contribution in [0.4, 0.5) is 70.2 Å². The van der Waals surface area contributed by atoms with E-state index in [1.165, 1.54) is 0 Å². The highest BCUT2D eigenvalue weighted by atomic mass is 19.4. The van der Waals surface area contributed by atoms with Gasteiger partial charge in [-0.1, -0.05) is 0 Å². The summed E-state index contributed by atoms with van der Waals surface area (Å²) in [6.45, 7) is 0. The van der Waals surface area contributed by atoms with Crippen molar-refractivity contribution >= 4 is 11.0 Å². The molecule has 1 aromatic heterocycles. The van der Waals surface area contributed by atoms with Crippen LogP contribution in [0.2, 0.25) is 0 Å². The van der Waals surface area contributed by atoms with Crippen LogP contribution in [0.15, 0.2) is 6.07 Å². The first-order chi connectivity index (χ1) is 13.6. The molecule has 2 rings (SSSR count). The molecular formula is C13H2F16N2. The maximum absolute atomic E-state index is 13.9. The van der Waals surface area contributed by atoms with Crippen molar-refractivity contribution in [3.05, 3.63) is 29.3 Å². The number of aromatic amines is 1. The molecule has 1 N–H and O–H groups in total. The molecule has 0 atom stereocenters. The Morgan fingerprint density at radius 1 is 0.613 bits per heavy atom. The number of nitrogens with zero attached hydrogens (tertiary/aromatic N) is 1. The monoisotopic (exact) mass is 490 g/mol. The molecule has 31 heavy (non-hydrogen) atoms. The van der Waals surface area contributed by atoms with Crippen molar-refractivity contribution in [1.29, 1.82) is 0 Å². The molecule has 2 aromatic rings. The second kappa shape index (κ2) is 6.54. The van der Waals surface area contributed by atoms with Crippen molar-refractivity contribution in [2.45, 2.75) is 35.8 Å². The van der Waals surface area contributed by atoms with Gasteiger partial charge in [0.25, 0.3) is 0 Å². The quantitative estimate of drug-likeness (QED) is 0.394. The maximum Gasteiger partial charge on any atom is 0.460 e. The minimum Gasteiger partial charge on any atom is -0.334 e. The third-order valence-electron chi connectivity index (χ3n) is 3.84. The molecule has 0 aliphatic heterocycles.